The molecule has 30 heavy (non-hydrogen) atoms. The van der Waals surface area contributed by atoms with Crippen molar-refractivity contribution in [2.75, 3.05) is 10.6 Å². The smallest absolute Gasteiger partial charge is 0.180 e. The highest BCUT2D eigenvalue weighted by atomic mass is 32.1. The second-order valence-electron chi connectivity index (χ2n) is 7.76. The molecule has 1 aliphatic rings. The predicted molar refractivity (Wildman–Crippen MR) is 122 cm³/mol. The highest BCUT2D eigenvalue weighted by Gasteiger charge is 2.20. The van der Waals surface area contributed by atoms with Gasteiger partial charge in [-0.05, 0) is 60.2 Å². The average Bonchev–Trinajstić information content (AvgIpc) is 3.44. The third-order valence-electron chi connectivity index (χ3n) is 5.61. The van der Waals surface area contributed by atoms with E-state index in [4.69, 9.17) is 10.7 Å². The summed E-state index contributed by atoms with van der Waals surface area (Å²) < 4.78 is 2.05. The van der Waals surface area contributed by atoms with Crippen LogP contribution in [0.2, 0.25) is 0 Å². The number of thiophene rings is 1. The van der Waals surface area contributed by atoms with Crippen LogP contribution in [0.3, 0.4) is 0 Å². The number of pyridine rings is 1. The van der Waals surface area contributed by atoms with Gasteiger partial charge in [0.25, 0.3) is 0 Å². The SMILES string of the molecule is NC1CCC(Nc2nccn3c(-c4cccc(NCc5ccsc5)n4)cnc23)CC1. The molecule has 0 radical (unpaired) electrons. The highest BCUT2D eigenvalue weighted by molar-refractivity contribution is 7.07. The van der Waals surface area contributed by atoms with Crippen LogP contribution in [0.5, 0.6) is 0 Å². The fourth-order valence-corrected chi connectivity index (χ4v) is 4.60. The molecular weight excluding hydrogens is 394 g/mol. The summed E-state index contributed by atoms with van der Waals surface area (Å²) in [7, 11) is 0. The first-order chi connectivity index (χ1) is 14.8. The summed E-state index contributed by atoms with van der Waals surface area (Å²) in [5.41, 5.74) is 9.93. The summed E-state index contributed by atoms with van der Waals surface area (Å²) in [6.45, 7) is 0.760. The third kappa shape index (κ3) is 4.01. The zero-order valence-corrected chi connectivity index (χ0v) is 17.5. The lowest BCUT2D eigenvalue weighted by Gasteiger charge is -2.27. The molecule has 4 N–H and O–H groups in total. The lowest BCUT2D eigenvalue weighted by atomic mass is 9.92. The van der Waals surface area contributed by atoms with Crippen molar-refractivity contribution in [3.05, 3.63) is 59.2 Å². The van der Waals surface area contributed by atoms with Gasteiger partial charge in [0, 0.05) is 31.0 Å². The van der Waals surface area contributed by atoms with Gasteiger partial charge in [0.15, 0.2) is 11.5 Å². The molecule has 0 saturated heterocycles. The fourth-order valence-electron chi connectivity index (χ4n) is 3.93. The van der Waals surface area contributed by atoms with E-state index in [1.165, 1.54) is 5.56 Å². The van der Waals surface area contributed by atoms with Gasteiger partial charge < -0.3 is 16.4 Å². The van der Waals surface area contributed by atoms with E-state index in [1.54, 1.807) is 11.3 Å². The number of nitrogens with one attached hydrogen (secondary N) is 2. The van der Waals surface area contributed by atoms with Crippen molar-refractivity contribution in [3.8, 4) is 11.4 Å². The normalized spacial score (nSPS) is 19.1. The molecule has 0 bridgehead atoms. The maximum atomic E-state index is 6.04. The maximum absolute atomic E-state index is 6.04. The number of anilines is 2. The molecule has 8 heteroatoms. The van der Waals surface area contributed by atoms with Gasteiger partial charge in [0.2, 0.25) is 0 Å². The molecule has 1 saturated carbocycles. The zero-order chi connectivity index (χ0) is 20.3. The molecule has 5 rings (SSSR count). The van der Waals surface area contributed by atoms with Gasteiger partial charge in [-0.2, -0.15) is 11.3 Å². The number of hydrogen-bond acceptors (Lipinski definition) is 7. The van der Waals surface area contributed by atoms with Crippen LogP contribution in [0.1, 0.15) is 31.2 Å². The van der Waals surface area contributed by atoms with E-state index in [0.717, 1.165) is 60.9 Å². The molecule has 0 atom stereocenters. The Morgan fingerprint density at radius 1 is 1.13 bits per heavy atom. The van der Waals surface area contributed by atoms with Crippen LogP contribution < -0.4 is 16.4 Å². The van der Waals surface area contributed by atoms with Crippen molar-refractivity contribution in [2.24, 2.45) is 5.73 Å². The Balaban J connectivity index is 1.38. The lowest BCUT2D eigenvalue weighted by Crippen LogP contribution is -2.33. The molecule has 7 nitrogen and oxygen atoms in total. The summed E-state index contributed by atoms with van der Waals surface area (Å²) in [6, 6.07) is 8.86. The number of fused-ring (bicyclic) bond motifs is 1. The van der Waals surface area contributed by atoms with E-state index in [2.05, 4.69) is 41.8 Å². The van der Waals surface area contributed by atoms with Crippen LogP contribution in [-0.2, 0) is 6.54 Å². The Labute approximate surface area is 179 Å². The monoisotopic (exact) mass is 419 g/mol. The molecule has 1 fully saturated rings. The quantitative estimate of drug-likeness (QED) is 0.435. The average molecular weight is 420 g/mol. The largest absolute Gasteiger partial charge is 0.366 e. The molecule has 154 valence electrons. The van der Waals surface area contributed by atoms with Crippen molar-refractivity contribution in [1.82, 2.24) is 19.4 Å². The number of imidazole rings is 1. The van der Waals surface area contributed by atoms with Crippen LogP contribution in [0, 0.1) is 0 Å². The van der Waals surface area contributed by atoms with Crippen LogP contribution in [-0.4, -0.2) is 31.4 Å². The molecule has 4 aromatic rings. The number of rotatable bonds is 6. The minimum atomic E-state index is 0.330. The van der Waals surface area contributed by atoms with E-state index in [1.807, 2.05) is 36.8 Å². The minimum absolute atomic E-state index is 0.330. The van der Waals surface area contributed by atoms with Gasteiger partial charge in [-0.3, -0.25) is 4.40 Å². The topological polar surface area (TPSA) is 93.2 Å². The van der Waals surface area contributed by atoms with Crippen molar-refractivity contribution in [3.63, 3.8) is 0 Å². The van der Waals surface area contributed by atoms with Crippen LogP contribution in [0.15, 0.2) is 53.6 Å². The molecule has 4 heterocycles. The van der Waals surface area contributed by atoms with Crippen molar-refractivity contribution >= 4 is 28.6 Å². The second kappa shape index (κ2) is 8.41. The second-order valence-corrected chi connectivity index (χ2v) is 8.54. The molecule has 0 unspecified atom stereocenters. The highest BCUT2D eigenvalue weighted by Crippen LogP contribution is 2.26. The Bertz CT molecular complexity index is 1110. The van der Waals surface area contributed by atoms with Gasteiger partial charge >= 0.3 is 0 Å². The van der Waals surface area contributed by atoms with Crippen molar-refractivity contribution in [1.29, 1.82) is 0 Å². The molecule has 1 aliphatic carbocycles. The van der Waals surface area contributed by atoms with E-state index in [9.17, 15) is 0 Å². The Hall–Kier alpha value is -2.97. The number of nitrogens with two attached hydrogens (primary N) is 1. The summed E-state index contributed by atoms with van der Waals surface area (Å²) in [4.78, 5) is 14.0. The van der Waals surface area contributed by atoms with Gasteiger partial charge in [0.05, 0.1) is 17.6 Å². The van der Waals surface area contributed by atoms with Crippen LogP contribution in [0.25, 0.3) is 17.0 Å². The van der Waals surface area contributed by atoms with E-state index in [-0.39, 0.29) is 0 Å². The van der Waals surface area contributed by atoms with E-state index >= 15 is 0 Å². The van der Waals surface area contributed by atoms with Gasteiger partial charge in [-0.25, -0.2) is 15.0 Å². The first-order valence-corrected chi connectivity index (χ1v) is 11.3. The standard InChI is InChI=1S/C22H25N7S/c23-16-4-6-17(7-5-16)27-21-22-26-13-19(29(22)10-9-24-21)18-2-1-3-20(28-18)25-12-15-8-11-30-14-15/h1-3,8-11,13-14,16-17H,4-7,12,23H2,(H,24,27)(H,25,28). The Kier molecular flexibility index (Phi) is 5.33. The fraction of sp³-hybridized carbons (Fsp3) is 0.318. The Morgan fingerprint density at radius 2 is 2.03 bits per heavy atom. The number of hydrogen-bond donors (Lipinski definition) is 3. The summed E-state index contributed by atoms with van der Waals surface area (Å²) >= 11 is 1.70. The molecular formula is C22H25N7S. The Morgan fingerprint density at radius 3 is 2.87 bits per heavy atom. The zero-order valence-electron chi connectivity index (χ0n) is 16.7. The first kappa shape index (κ1) is 19.0. The van der Waals surface area contributed by atoms with Gasteiger partial charge in [0.1, 0.15) is 5.82 Å². The molecule has 0 amide bonds. The van der Waals surface area contributed by atoms with Crippen molar-refractivity contribution in [2.45, 2.75) is 44.3 Å². The van der Waals surface area contributed by atoms with Gasteiger partial charge in [-0.15, -0.1) is 0 Å². The van der Waals surface area contributed by atoms with Crippen LogP contribution >= 0.6 is 11.3 Å². The van der Waals surface area contributed by atoms with Crippen molar-refractivity contribution < 1.29 is 0 Å². The molecule has 4 aromatic heterocycles. The number of nitrogens with zero attached hydrogens (tertiary/aromatic N) is 4. The summed E-state index contributed by atoms with van der Waals surface area (Å²) in [5, 5.41) is 11.2. The van der Waals surface area contributed by atoms with Gasteiger partial charge in [-0.1, -0.05) is 6.07 Å². The maximum Gasteiger partial charge on any atom is 0.180 e. The minimum Gasteiger partial charge on any atom is -0.366 e. The lowest BCUT2D eigenvalue weighted by molar-refractivity contribution is 0.410. The molecule has 0 aliphatic heterocycles. The van der Waals surface area contributed by atoms with E-state index < -0.39 is 0 Å². The summed E-state index contributed by atoms with van der Waals surface area (Å²) in [6.07, 6.45) is 9.85. The first-order valence-electron chi connectivity index (χ1n) is 10.3. The third-order valence-corrected chi connectivity index (χ3v) is 6.34. The van der Waals surface area contributed by atoms with E-state index in [0.29, 0.717) is 12.1 Å². The molecule has 0 spiro atoms. The van der Waals surface area contributed by atoms with Crippen LogP contribution in [0.4, 0.5) is 11.6 Å². The predicted octanol–water partition coefficient (Wildman–Crippen LogP) is 4.15. The number of aromatic nitrogens is 4. The molecule has 0 aromatic carbocycles. The summed E-state index contributed by atoms with van der Waals surface area (Å²) in [5.74, 6) is 1.66.